The smallest absolute Gasteiger partial charge is 0.237 e. The molecule has 0 heterocycles. The molecule has 0 aliphatic heterocycles. The number of amides is 1. The molecule has 0 saturated heterocycles. The van der Waals surface area contributed by atoms with Crippen molar-refractivity contribution in [1.29, 1.82) is 0 Å². The summed E-state index contributed by atoms with van der Waals surface area (Å²) in [6, 6.07) is -0.339. The summed E-state index contributed by atoms with van der Waals surface area (Å²) < 4.78 is 0. The van der Waals surface area contributed by atoms with Gasteiger partial charge in [0.15, 0.2) is 0 Å². The average Bonchev–Trinajstić information content (AvgIpc) is 2.35. The second kappa shape index (κ2) is 6.89. The highest BCUT2D eigenvalue weighted by Gasteiger charge is 2.20. The molecule has 0 aromatic heterocycles. The van der Waals surface area contributed by atoms with Gasteiger partial charge in [-0.2, -0.15) is 0 Å². The van der Waals surface area contributed by atoms with Gasteiger partial charge in [-0.1, -0.05) is 39.5 Å². The highest BCUT2D eigenvalue weighted by Crippen LogP contribution is 2.22. The fraction of sp³-hybridized carbons (Fsp3) is 0.923. The van der Waals surface area contributed by atoms with Crippen molar-refractivity contribution in [3.8, 4) is 0 Å². The second-order valence-corrected chi connectivity index (χ2v) is 5.16. The molecule has 3 N–H and O–H groups in total. The molecule has 2 atom stereocenters. The van der Waals surface area contributed by atoms with Gasteiger partial charge in [0.1, 0.15) is 0 Å². The molecule has 0 bridgehead atoms. The third kappa shape index (κ3) is 4.12. The molecule has 1 rings (SSSR count). The van der Waals surface area contributed by atoms with E-state index in [0.717, 1.165) is 13.0 Å². The predicted octanol–water partition coefficient (Wildman–Crippen LogP) is 2.06. The van der Waals surface area contributed by atoms with Gasteiger partial charge in [-0.15, -0.1) is 0 Å². The van der Waals surface area contributed by atoms with E-state index in [0.29, 0.717) is 5.92 Å². The van der Waals surface area contributed by atoms with Crippen molar-refractivity contribution in [3.05, 3.63) is 0 Å². The lowest BCUT2D eigenvalue weighted by molar-refractivity contribution is -0.123. The Bertz CT molecular complexity index is 212. The molecule has 3 nitrogen and oxygen atoms in total. The van der Waals surface area contributed by atoms with E-state index >= 15 is 0 Å². The first-order chi connectivity index (χ1) is 7.65. The summed E-state index contributed by atoms with van der Waals surface area (Å²) in [5.74, 6) is 0.980. The molecule has 94 valence electrons. The predicted molar refractivity (Wildman–Crippen MR) is 67.0 cm³/mol. The number of rotatable bonds is 5. The molecule has 1 aliphatic rings. The summed E-state index contributed by atoms with van der Waals surface area (Å²) in [5.41, 5.74) is 5.87. The van der Waals surface area contributed by atoms with Gasteiger partial charge in [0.25, 0.3) is 0 Å². The molecule has 0 aromatic rings. The van der Waals surface area contributed by atoms with Crippen LogP contribution in [0.5, 0.6) is 0 Å². The van der Waals surface area contributed by atoms with Crippen molar-refractivity contribution >= 4 is 5.91 Å². The summed E-state index contributed by atoms with van der Waals surface area (Å²) in [5, 5.41) is 3.00. The summed E-state index contributed by atoms with van der Waals surface area (Å²) >= 11 is 0. The number of hydrogen-bond acceptors (Lipinski definition) is 2. The SMILES string of the molecule is CCC(C)[C@H](N)C(=O)NCC1CCCCC1. The van der Waals surface area contributed by atoms with Crippen molar-refractivity contribution in [1.82, 2.24) is 5.32 Å². The first-order valence-corrected chi connectivity index (χ1v) is 6.68. The van der Waals surface area contributed by atoms with Gasteiger partial charge in [-0.25, -0.2) is 0 Å². The molecule has 1 saturated carbocycles. The van der Waals surface area contributed by atoms with Crippen LogP contribution in [0.1, 0.15) is 52.4 Å². The Morgan fingerprint density at radius 2 is 2.00 bits per heavy atom. The Labute approximate surface area is 99.2 Å². The molecule has 1 fully saturated rings. The van der Waals surface area contributed by atoms with Gasteiger partial charge in [0, 0.05) is 6.54 Å². The summed E-state index contributed by atoms with van der Waals surface area (Å²) in [4.78, 5) is 11.7. The van der Waals surface area contributed by atoms with Crippen LogP contribution in [0.3, 0.4) is 0 Å². The van der Waals surface area contributed by atoms with Crippen LogP contribution in [0, 0.1) is 11.8 Å². The molecule has 1 unspecified atom stereocenters. The zero-order valence-corrected chi connectivity index (χ0v) is 10.7. The molecule has 1 amide bonds. The first kappa shape index (κ1) is 13.5. The minimum atomic E-state index is -0.339. The lowest BCUT2D eigenvalue weighted by Gasteiger charge is -2.23. The molecular formula is C13H26N2O. The number of nitrogens with two attached hydrogens (primary N) is 1. The van der Waals surface area contributed by atoms with E-state index in [-0.39, 0.29) is 17.9 Å². The maximum Gasteiger partial charge on any atom is 0.237 e. The van der Waals surface area contributed by atoms with Crippen LogP contribution in [-0.4, -0.2) is 18.5 Å². The number of carbonyl (C=O) groups excluding carboxylic acids is 1. The largest absolute Gasteiger partial charge is 0.354 e. The third-order valence-electron chi connectivity index (χ3n) is 3.85. The topological polar surface area (TPSA) is 55.1 Å². The number of hydrogen-bond donors (Lipinski definition) is 2. The molecule has 1 aliphatic carbocycles. The Kier molecular flexibility index (Phi) is 5.81. The third-order valence-corrected chi connectivity index (χ3v) is 3.85. The fourth-order valence-electron chi connectivity index (χ4n) is 2.27. The standard InChI is InChI=1S/C13H26N2O/c1-3-10(2)12(14)13(16)15-9-11-7-5-4-6-8-11/h10-12H,3-9,14H2,1-2H3,(H,15,16)/t10?,12-/m0/s1. The second-order valence-electron chi connectivity index (χ2n) is 5.16. The van der Waals surface area contributed by atoms with Crippen LogP contribution in [0.25, 0.3) is 0 Å². The summed E-state index contributed by atoms with van der Waals surface area (Å²) in [6.45, 7) is 4.92. The van der Waals surface area contributed by atoms with Gasteiger partial charge in [-0.3, -0.25) is 4.79 Å². The summed E-state index contributed by atoms with van der Waals surface area (Å²) in [7, 11) is 0. The van der Waals surface area contributed by atoms with Crippen LogP contribution in [0.2, 0.25) is 0 Å². The Morgan fingerprint density at radius 1 is 1.38 bits per heavy atom. The molecule has 3 heteroatoms. The molecule has 16 heavy (non-hydrogen) atoms. The van der Waals surface area contributed by atoms with Gasteiger partial charge in [-0.05, 0) is 24.7 Å². The van der Waals surface area contributed by atoms with E-state index in [1.165, 1.54) is 32.1 Å². The van der Waals surface area contributed by atoms with Crippen molar-refractivity contribution < 1.29 is 4.79 Å². The van der Waals surface area contributed by atoms with Crippen molar-refractivity contribution in [2.75, 3.05) is 6.54 Å². The Morgan fingerprint density at radius 3 is 2.56 bits per heavy atom. The average molecular weight is 226 g/mol. The minimum absolute atomic E-state index is 0.0277. The normalized spacial score (nSPS) is 21.4. The van der Waals surface area contributed by atoms with Crippen molar-refractivity contribution in [2.24, 2.45) is 17.6 Å². The van der Waals surface area contributed by atoms with Crippen molar-refractivity contribution in [3.63, 3.8) is 0 Å². The van der Waals surface area contributed by atoms with Crippen LogP contribution < -0.4 is 11.1 Å². The van der Waals surface area contributed by atoms with Crippen molar-refractivity contribution in [2.45, 2.75) is 58.4 Å². The van der Waals surface area contributed by atoms with E-state index in [4.69, 9.17) is 5.73 Å². The van der Waals surface area contributed by atoms with E-state index in [1.54, 1.807) is 0 Å². The molecule has 0 aromatic carbocycles. The van der Waals surface area contributed by atoms with E-state index in [9.17, 15) is 4.79 Å². The lowest BCUT2D eigenvalue weighted by atomic mass is 9.89. The molecule has 0 spiro atoms. The zero-order valence-electron chi connectivity index (χ0n) is 10.7. The Balaban J connectivity index is 2.23. The Hall–Kier alpha value is -0.570. The number of nitrogens with one attached hydrogen (secondary N) is 1. The van der Waals surface area contributed by atoms with E-state index < -0.39 is 0 Å². The minimum Gasteiger partial charge on any atom is -0.354 e. The van der Waals surface area contributed by atoms with E-state index in [2.05, 4.69) is 12.2 Å². The maximum absolute atomic E-state index is 11.7. The van der Waals surface area contributed by atoms with Crippen LogP contribution in [0.4, 0.5) is 0 Å². The van der Waals surface area contributed by atoms with Gasteiger partial charge < -0.3 is 11.1 Å². The molecule has 0 radical (unpaired) electrons. The highest BCUT2D eigenvalue weighted by atomic mass is 16.2. The maximum atomic E-state index is 11.7. The highest BCUT2D eigenvalue weighted by molar-refractivity contribution is 5.81. The first-order valence-electron chi connectivity index (χ1n) is 6.68. The lowest BCUT2D eigenvalue weighted by Crippen LogP contribution is -2.46. The van der Waals surface area contributed by atoms with Crippen LogP contribution >= 0.6 is 0 Å². The van der Waals surface area contributed by atoms with Gasteiger partial charge in [0.2, 0.25) is 5.91 Å². The van der Waals surface area contributed by atoms with E-state index in [1.807, 2.05) is 6.92 Å². The zero-order chi connectivity index (χ0) is 12.0. The van der Waals surface area contributed by atoms with Crippen LogP contribution in [-0.2, 0) is 4.79 Å². The quantitative estimate of drug-likeness (QED) is 0.754. The fourth-order valence-corrected chi connectivity index (χ4v) is 2.27. The number of carbonyl (C=O) groups is 1. The summed E-state index contributed by atoms with van der Waals surface area (Å²) in [6.07, 6.45) is 7.47. The van der Waals surface area contributed by atoms with Crippen LogP contribution in [0.15, 0.2) is 0 Å². The van der Waals surface area contributed by atoms with Gasteiger partial charge >= 0.3 is 0 Å². The monoisotopic (exact) mass is 226 g/mol. The molecular weight excluding hydrogens is 200 g/mol. The van der Waals surface area contributed by atoms with Gasteiger partial charge in [0.05, 0.1) is 6.04 Å².